The molecule has 4 heteroatoms. The molecule has 1 spiro atoms. The summed E-state index contributed by atoms with van der Waals surface area (Å²) in [7, 11) is 0. The van der Waals surface area contributed by atoms with E-state index in [0.717, 1.165) is 31.4 Å². The molecule has 1 atom stereocenters. The van der Waals surface area contributed by atoms with Gasteiger partial charge in [0.1, 0.15) is 5.60 Å². The summed E-state index contributed by atoms with van der Waals surface area (Å²) in [4.78, 5) is 25.4. The van der Waals surface area contributed by atoms with E-state index in [-0.39, 0.29) is 11.9 Å². The van der Waals surface area contributed by atoms with Gasteiger partial charge in [0.15, 0.2) is 0 Å². The summed E-state index contributed by atoms with van der Waals surface area (Å²) >= 11 is 0. The number of rotatable bonds is 2. The van der Waals surface area contributed by atoms with Gasteiger partial charge in [0, 0.05) is 19.0 Å². The van der Waals surface area contributed by atoms with Crippen molar-refractivity contribution in [3.8, 4) is 0 Å². The SMILES string of the molecule is O=C1CCC2(CCCN(C(=O)/C=C/c3ccccc3)C2)O1. The first-order valence-corrected chi connectivity index (χ1v) is 7.41. The largest absolute Gasteiger partial charge is 0.457 e. The molecular weight excluding hydrogens is 266 g/mol. The van der Waals surface area contributed by atoms with Crippen molar-refractivity contribution < 1.29 is 14.3 Å². The van der Waals surface area contributed by atoms with Crippen LogP contribution < -0.4 is 0 Å². The van der Waals surface area contributed by atoms with Crippen LogP contribution in [-0.2, 0) is 14.3 Å². The van der Waals surface area contributed by atoms with Crippen LogP contribution in [0.4, 0.5) is 0 Å². The Kier molecular flexibility index (Phi) is 3.78. The lowest BCUT2D eigenvalue weighted by Crippen LogP contribution is -2.49. The Balaban J connectivity index is 1.65. The second-order valence-corrected chi connectivity index (χ2v) is 5.76. The van der Waals surface area contributed by atoms with E-state index in [1.807, 2.05) is 36.4 Å². The van der Waals surface area contributed by atoms with Crippen molar-refractivity contribution in [3.63, 3.8) is 0 Å². The van der Waals surface area contributed by atoms with Crippen LogP contribution >= 0.6 is 0 Å². The van der Waals surface area contributed by atoms with Gasteiger partial charge in [-0.1, -0.05) is 30.3 Å². The van der Waals surface area contributed by atoms with Crippen LogP contribution in [0.25, 0.3) is 6.08 Å². The Morgan fingerprint density at radius 2 is 2.05 bits per heavy atom. The normalized spacial score (nSPS) is 25.5. The number of nitrogens with zero attached hydrogens (tertiary/aromatic N) is 1. The topological polar surface area (TPSA) is 46.6 Å². The molecule has 0 aliphatic carbocycles. The van der Waals surface area contributed by atoms with Crippen molar-refractivity contribution in [2.24, 2.45) is 0 Å². The van der Waals surface area contributed by atoms with Crippen molar-refractivity contribution in [2.45, 2.75) is 31.3 Å². The Bertz CT molecular complexity index is 567. The fourth-order valence-electron chi connectivity index (χ4n) is 3.08. The summed E-state index contributed by atoms with van der Waals surface area (Å²) < 4.78 is 5.48. The minimum Gasteiger partial charge on any atom is -0.457 e. The first-order chi connectivity index (χ1) is 10.2. The smallest absolute Gasteiger partial charge is 0.306 e. The van der Waals surface area contributed by atoms with E-state index in [9.17, 15) is 9.59 Å². The van der Waals surface area contributed by atoms with Crippen LogP contribution in [0.1, 0.15) is 31.2 Å². The van der Waals surface area contributed by atoms with Crippen molar-refractivity contribution in [1.29, 1.82) is 0 Å². The van der Waals surface area contributed by atoms with Gasteiger partial charge < -0.3 is 9.64 Å². The van der Waals surface area contributed by atoms with Crippen molar-refractivity contribution in [3.05, 3.63) is 42.0 Å². The average Bonchev–Trinajstić information content (AvgIpc) is 2.86. The fraction of sp³-hybridized carbons (Fsp3) is 0.412. The maximum Gasteiger partial charge on any atom is 0.306 e. The lowest BCUT2D eigenvalue weighted by Gasteiger charge is -2.38. The Morgan fingerprint density at radius 3 is 2.76 bits per heavy atom. The maximum absolute atomic E-state index is 12.3. The monoisotopic (exact) mass is 285 g/mol. The summed E-state index contributed by atoms with van der Waals surface area (Å²) in [5.41, 5.74) is 0.579. The number of hydrogen-bond acceptors (Lipinski definition) is 3. The number of piperidine rings is 1. The highest BCUT2D eigenvalue weighted by molar-refractivity contribution is 5.92. The molecule has 4 nitrogen and oxygen atoms in total. The highest BCUT2D eigenvalue weighted by atomic mass is 16.6. The van der Waals surface area contributed by atoms with Crippen LogP contribution in [-0.4, -0.2) is 35.5 Å². The number of carbonyl (C=O) groups is 2. The van der Waals surface area contributed by atoms with Gasteiger partial charge in [-0.2, -0.15) is 0 Å². The molecule has 1 unspecified atom stereocenters. The standard InChI is InChI=1S/C17H19NO3/c19-15(8-7-14-5-2-1-3-6-14)18-12-4-10-17(13-18)11-9-16(20)21-17/h1-3,5-8H,4,9-13H2/b8-7+. The molecule has 3 rings (SSSR count). The molecule has 21 heavy (non-hydrogen) atoms. The minimum absolute atomic E-state index is 0.0131. The molecular formula is C17H19NO3. The highest BCUT2D eigenvalue weighted by Crippen LogP contribution is 2.35. The molecule has 1 amide bonds. The predicted molar refractivity (Wildman–Crippen MR) is 79.3 cm³/mol. The summed E-state index contributed by atoms with van der Waals surface area (Å²) in [5, 5.41) is 0. The summed E-state index contributed by atoms with van der Waals surface area (Å²) in [6.07, 6.45) is 6.39. The van der Waals surface area contributed by atoms with Gasteiger partial charge in [-0.05, 0) is 30.9 Å². The zero-order chi connectivity index (χ0) is 14.7. The second kappa shape index (κ2) is 5.72. The molecule has 0 radical (unpaired) electrons. The molecule has 0 aromatic heterocycles. The van der Waals surface area contributed by atoms with Crippen LogP contribution in [0.3, 0.4) is 0 Å². The predicted octanol–water partition coefficient (Wildman–Crippen LogP) is 2.40. The molecule has 2 heterocycles. The molecule has 2 aliphatic heterocycles. The Labute approximate surface area is 124 Å². The number of benzene rings is 1. The molecule has 0 N–H and O–H groups in total. The van der Waals surface area contributed by atoms with Gasteiger partial charge in [0.2, 0.25) is 5.91 Å². The van der Waals surface area contributed by atoms with Gasteiger partial charge in [-0.15, -0.1) is 0 Å². The Morgan fingerprint density at radius 1 is 1.24 bits per heavy atom. The minimum atomic E-state index is -0.425. The van der Waals surface area contributed by atoms with Gasteiger partial charge in [0.05, 0.1) is 6.54 Å². The lowest BCUT2D eigenvalue weighted by molar-refractivity contribution is -0.155. The number of carbonyl (C=O) groups excluding carboxylic acids is 2. The molecule has 110 valence electrons. The maximum atomic E-state index is 12.3. The van der Waals surface area contributed by atoms with E-state index < -0.39 is 5.60 Å². The third kappa shape index (κ3) is 3.15. The van der Waals surface area contributed by atoms with E-state index in [0.29, 0.717) is 13.0 Å². The number of hydrogen-bond donors (Lipinski definition) is 0. The Hall–Kier alpha value is -2.10. The molecule has 2 fully saturated rings. The van der Waals surface area contributed by atoms with Gasteiger partial charge in [0.25, 0.3) is 0 Å². The third-order valence-corrected chi connectivity index (χ3v) is 4.18. The van der Waals surface area contributed by atoms with E-state index in [4.69, 9.17) is 4.74 Å². The van der Waals surface area contributed by atoms with Crippen LogP contribution in [0.2, 0.25) is 0 Å². The first-order valence-electron chi connectivity index (χ1n) is 7.41. The average molecular weight is 285 g/mol. The van der Waals surface area contributed by atoms with Crippen molar-refractivity contribution in [1.82, 2.24) is 4.90 Å². The number of amides is 1. The van der Waals surface area contributed by atoms with Crippen molar-refractivity contribution in [2.75, 3.05) is 13.1 Å². The fourth-order valence-corrected chi connectivity index (χ4v) is 3.08. The first kappa shape index (κ1) is 13.9. The van der Waals surface area contributed by atoms with E-state index in [1.165, 1.54) is 0 Å². The molecule has 2 aliphatic rings. The number of esters is 1. The van der Waals surface area contributed by atoms with Crippen LogP contribution in [0.15, 0.2) is 36.4 Å². The van der Waals surface area contributed by atoms with E-state index in [2.05, 4.69) is 0 Å². The van der Waals surface area contributed by atoms with Crippen LogP contribution in [0, 0.1) is 0 Å². The molecule has 0 saturated carbocycles. The van der Waals surface area contributed by atoms with Gasteiger partial charge in [-0.25, -0.2) is 0 Å². The molecule has 0 bridgehead atoms. The summed E-state index contributed by atoms with van der Waals surface area (Å²) in [6.45, 7) is 1.26. The molecule has 1 aromatic carbocycles. The highest BCUT2D eigenvalue weighted by Gasteiger charge is 2.44. The third-order valence-electron chi connectivity index (χ3n) is 4.18. The quantitative estimate of drug-likeness (QED) is 0.619. The number of likely N-dealkylation sites (tertiary alicyclic amines) is 1. The molecule has 1 aromatic rings. The van der Waals surface area contributed by atoms with Gasteiger partial charge >= 0.3 is 5.97 Å². The number of ether oxygens (including phenoxy) is 1. The van der Waals surface area contributed by atoms with Crippen LogP contribution in [0.5, 0.6) is 0 Å². The van der Waals surface area contributed by atoms with E-state index >= 15 is 0 Å². The lowest BCUT2D eigenvalue weighted by atomic mass is 9.90. The summed E-state index contributed by atoms with van der Waals surface area (Å²) in [5.74, 6) is -0.148. The van der Waals surface area contributed by atoms with E-state index in [1.54, 1.807) is 11.0 Å². The zero-order valence-electron chi connectivity index (χ0n) is 12.0. The van der Waals surface area contributed by atoms with Crippen molar-refractivity contribution >= 4 is 18.0 Å². The molecule has 2 saturated heterocycles. The zero-order valence-corrected chi connectivity index (χ0v) is 12.0. The second-order valence-electron chi connectivity index (χ2n) is 5.76. The summed E-state index contributed by atoms with van der Waals surface area (Å²) in [6, 6.07) is 9.75. The van der Waals surface area contributed by atoms with Gasteiger partial charge in [-0.3, -0.25) is 9.59 Å².